The number of nitrogens with zero attached hydrogens (tertiary/aromatic N) is 2. The molecule has 2 amide bonds. The van der Waals surface area contributed by atoms with E-state index < -0.39 is 0 Å². The molecule has 1 aliphatic rings. The number of hydrogen-bond acceptors (Lipinski definition) is 4. The number of ether oxygens (including phenoxy) is 1. The van der Waals surface area contributed by atoms with Crippen molar-refractivity contribution < 1.29 is 14.3 Å². The van der Waals surface area contributed by atoms with Gasteiger partial charge < -0.3 is 15.4 Å². The monoisotopic (exact) mass is 516 g/mol. The maximum Gasteiger partial charge on any atom is 0.229 e. The summed E-state index contributed by atoms with van der Waals surface area (Å²) >= 11 is 0. The number of imide groups is 1. The zero-order chi connectivity index (χ0) is 20.5. The van der Waals surface area contributed by atoms with Gasteiger partial charge in [0, 0.05) is 38.0 Å². The molecule has 0 aliphatic carbocycles. The molecule has 0 atom stereocenters. The maximum absolute atomic E-state index is 11.9. The highest BCUT2D eigenvalue weighted by Gasteiger charge is 2.25. The lowest BCUT2D eigenvalue weighted by atomic mass is 10.1. The van der Waals surface area contributed by atoms with Crippen molar-refractivity contribution >= 4 is 41.8 Å². The number of aliphatic imine (C=N–C) groups is 1. The molecule has 0 radical (unpaired) electrons. The molecule has 1 aromatic carbocycles. The number of guanidine groups is 1. The number of likely N-dealkylation sites (tertiary alicyclic amines) is 1. The van der Waals surface area contributed by atoms with E-state index in [0.29, 0.717) is 44.9 Å². The van der Waals surface area contributed by atoms with Crippen LogP contribution in [0.4, 0.5) is 0 Å². The van der Waals surface area contributed by atoms with E-state index in [2.05, 4.69) is 15.6 Å². The summed E-state index contributed by atoms with van der Waals surface area (Å²) in [5.41, 5.74) is 2.15. The largest absolute Gasteiger partial charge is 0.491 e. The fourth-order valence-electron chi connectivity index (χ4n) is 3.00. The number of hydrogen-bond donors (Lipinski definition) is 2. The number of rotatable bonds is 8. The van der Waals surface area contributed by atoms with Crippen molar-refractivity contribution in [2.24, 2.45) is 4.99 Å². The molecule has 29 heavy (non-hydrogen) atoms. The molecule has 2 rings (SSSR count). The average molecular weight is 516 g/mol. The normalized spacial score (nSPS) is 14.7. The van der Waals surface area contributed by atoms with Gasteiger partial charge in [-0.15, -0.1) is 24.0 Å². The number of piperidine rings is 1. The van der Waals surface area contributed by atoms with E-state index in [-0.39, 0.29) is 41.9 Å². The van der Waals surface area contributed by atoms with Crippen LogP contribution >= 0.6 is 24.0 Å². The van der Waals surface area contributed by atoms with Crippen molar-refractivity contribution in [3.63, 3.8) is 0 Å². The van der Waals surface area contributed by atoms with E-state index in [1.165, 1.54) is 4.90 Å². The van der Waals surface area contributed by atoms with Crippen molar-refractivity contribution in [2.75, 3.05) is 19.6 Å². The Hall–Kier alpha value is -1.84. The minimum Gasteiger partial charge on any atom is -0.491 e. The Balaban J connectivity index is 0.00000420. The lowest BCUT2D eigenvalue weighted by Gasteiger charge is -2.25. The van der Waals surface area contributed by atoms with E-state index in [0.717, 1.165) is 23.4 Å². The highest BCUT2D eigenvalue weighted by molar-refractivity contribution is 14.0. The third-order valence-corrected chi connectivity index (χ3v) is 4.35. The third kappa shape index (κ3) is 8.20. The second-order valence-electron chi connectivity index (χ2n) is 7.19. The Morgan fingerprint density at radius 3 is 2.52 bits per heavy atom. The molecule has 162 valence electrons. The van der Waals surface area contributed by atoms with Crippen LogP contribution in [-0.4, -0.2) is 48.4 Å². The highest BCUT2D eigenvalue weighted by atomic mass is 127. The molecule has 1 aromatic rings. The molecule has 0 aromatic heterocycles. The standard InChI is InChI=1S/C21H32N4O3.HI/c1-5-22-21(23-11-12-25-19(26)7-6-8-20(25)27)24-14-17-10-9-16(4)13-18(17)28-15(2)3;/h9-10,13,15H,5-8,11-12,14H2,1-4H3,(H2,22,23,24);1H. The van der Waals surface area contributed by atoms with Crippen LogP contribution in [0.3, 0.4) is 0 Å². The molecule has 7 nitrogen and oxygen atoms in total. The second-order valence-corrected chi connectivity index (χ2v) is 7.19. The fraction of sp³-hybridized carbons (Fsp3) is 0.571. The molecular weight excluding hydrogens is 483 g/mol. The van der Waals surface area contributed by atoms with Gasteiger partial charge in [0.1, 0.15) is 5.75 Å². The average Bonchev–Trinajstić information content (AvgIpc) is 2.62. The van der Waals surface area contributed by atoms with Crippen LogP contribution in [0.2, 0.25) is 0 Å². The number of halogens is 1. The SMILES string of the molecule is CCNC(=NCc1ccc(C)cc1OC(C)C)NCCN1C(=O)CCCC1=O.I. The van der Waals surface area contributed by atoms with Gasteiger partial charge in [0.15, 0.2) is 5.96 Å². The van der Waals surface area contributed by atoms with Crippen LogP contribution in [0.1, 0.15) is 51.2 Å². The van der Waals surface area contributed by atoms with Gasteiger partial charge in [-0.1, -0.05) is 12.1 Å². The first-order chi connectivity index (χ1) is 13.4. The summed E-state index contributed by atoms with van der Waals surface area (Å²) in [5, 5.41) is 6.40. The van der Waals surface area contributed by atoms with Crippen LogP contribution < -0.4 is 15.4 Å². The van der Waals surface area contributed by atoms with Crippen LogP contribution in [0.15, 0.2) is 23.2 Å². The van der Waals surface area contributed by atoms with Gasteiger partial charge in [-0.2, -0.15) is 0 Å². The van der Waals surface area contributed by atoms with Crippen molar-refractivity contribution in [1.82, 2.24) is 15.5 Å². The van der Waals surface area contributed by atoms with Crippen LogP contribution in [0, 0.1) is 6.92 Å². The molecule has 0 bridgehead atoms. The minimum atomic E-state index is -0.0879. The lowest BCUT2D eigenvalue weighted by Crippen LogP contribution is -2.46. The molecule has 8 heteroatoms. The van der Waals surface area contributed by atoms with Crippen LogP contribution in [0.25, 0.3) is 0 Å². The fourth-order valence-corrected chi connectivity index (χ4v) is 3.00. The van der Waals surface area contributed by atoms with E-state index in [1.54, 1.807) is 0 Å². The first-order valence-corrected chi connectivity index (χ1v) is 10.0. The van der Waals surface area contributed by atoms with Gasteiger partial charge in [-0.05, 0) is 45.7 Å². The summed E-state index contributed by atoms with van der Waals surface area (Å²) in [7, 11) is 0. The van der Waals surface area contributed by atoms with Gasteiger partial charge in [0.25, 0.3) is 0 Å². The minimum absolute atomic E-state index is 0. The smallest absolute Gasteiger partial charge is 0.229 e. The van der Waals surface area contributed by atoms with Crippen LogP contribution in [-0.2, 0) is 16.1 Å². The van der Waals surface area contributed by atoms with E-state index in [9.17, 15) is 9.59 Å². The predicted octanol–water partition coefficient (Wildman–Crippen LogP) is 2.99. The number of benzene rings is 1. The molecule has 2 N–H and O–H groups in total. The van der Waals surface area contributed by atoms with E-state index in [1.807, 2.05) is 45.9 Å². The lowest BCUT2D eigenvalue weighted by molar-refractivity contribution is -0.147. The quantitative estimate of drug-likeness (QED) is 0.240. The number of carbonyl (C=O) groups is 2. The predicted molar refractivity (Wildman–Crippen MR) is 126 cm³/mol. The molecule has 1 heterocycles. The number of nitrogens with one attached hydrogen (secondary N) is 2. The van der Waals surface area contributed by atoms with Gasteiger partial charge in [-0.3, -0.25) is 14.5 Å². The first-order valence-electron chi connectivity index (χ1n) is 10.0. The Bertz CT molecular complexity index is 706. The Morgan fingerprint density at radius 2 is 1.90 bits per heavy atom. The Labute approximate surface area is 190 Å². The molecule has 0 spiro atoms. The number of amides is 2. The molecule has 1 fully saturated rings. The molecule has 1 saturated heterocycles. The maximum atomic E-state index is 11.9. The van der Waals surface area contributed by atoms with Crippen molar-refractivity contribution in [2.45, 2.75) is 59.6 Å². The molecule has 0 unspecified atom stereocenters. The summed E-state index contributed by atoms with van der Waals surface area (Å²) in [6.07, 6.45) is 1.65. The zero-order valence-corrected chi connectivity index (χ0v) is 20.1. The van der Waals surface area contributed by atoms with Crippen molar-refractivity contribution in [3.8, 4) is 5.75 Å². The summed E-state index contributed by atoms with van der Waals surface area (Å²) in [6.45, 7) is 10.0. The highest BCUT2D eigenvalue weighted by Crippen LogP contribution is 2.22. The van der Waals surface area contributed by atoms with Crippen molar-refractivity contribution in [3.05, 3.63) is 29.3 Å². The topological polar surface area (TPSA) is 83.0 Å². The molecular formula is C21H33IN4O3. The van der Waals surface area contributed by atoms with Crippen molar-refractivity contribution in [1.29, 1.82) is 0 Å². The van der Waals surface area contributed by atoms with Gasteiger partial charge in [-0.25, -0.2) is 4.99 Å². The van der Waals surface area contributed by atoms with Crippen LogP contribution in [0.5, 0.6) is 5.75 Å². The summed E-state index contributed by atoms with van der Waals surface area (Å²) in [5.74, 6) is 1.32. The van der Waals surface area contributed by atoms with E-state index >= 15 is 0 Å². The Morgan fingerprint density at radius 1 is 1.21 bits per heavy atom. The molecule has 0 saturated carbocycles. The zero-order valence-electron chi connectivity index (χ0n) is 17.8. The summed E-state index contributed by atoms with van der Waals surface area (Å²) < 4.78 is 5.91. The van der Waals surface area contributed by atoms with Gasteiger partial charge in [0.05, 0.1) is 12.6 Å². The first kappa shape index (κ1) is 25.2. The number of aryl methyl sites for hydroxylation is 1. The third-order valence-electron chi connectivity index (χ3n) is 4.35. The number of carbonyl (C=O) groups excluding carboxylic acids is 2. The molecule has 1 aliphatic heterocycles. The van der Waals surface area contributed by atoms with Gasteiger partial charge in [0.2, 0.25) is 11.8 Å². The second kappa shape index (κ2) is 12.7. The Kier molecular flexibility index (Phi) is 11.0. The van der Waals surface area contributed by atoms with Gasteiger partial charge >= 0.3 is 0 Å². The summed E-state index contributed by atoms with van der Waals surface area (Å²) in [4.78, 5) is 29.7. The van der Waals surface area contributed by atoms with E-state index in [4.69, 9.17) is 4.74 Å². The summed E-state index contributed by atoms with van der Waals surface area (Å²) in [6, 6.07) is 6.11.